The smallest absolute Gasteiger partial charge is 0.270 e. The standard InChI is InChI=1S/C20H26N4O2S/c1-23-10-3-5-17(23)20(26)24-11-2-4-15(12-24)19-22-16(13-27-19)8-9-21-18(25)14-6-7-14/h3,5,10,13-15H,2,4,6-9,11-12H2,1H3,(H,21,25). The molecule has 1 aliphatic carbocycles. The van der Waals surface area contributed by atoms with Crippen LogP contribution in [0.15, 0.2) is 23.7 Å². The van der Waals surface area contributed by atoms with E-state index in [0.717, 1.165) is 61.6 Å². The fourth-order valence-electron chi connectivity index (χ4n) is 3.64. The van der Waals surface area contributed by atoms with Crippen molar-refractivity contribution in [1.82, 2.24) is 19.8 Å². The quantitative estimate of drug-likeness (QED) is 0.830. The van der Waals surface area contributed by atoms with Crippen LogP contribution in [0.5, 0.6) is 0 Å². The number of thiazole rings is 1. The van der Waals surface area contributed by atoms with Crippen LogP contribution in [0.25, 0.3) is 0 Å². The molecule has 1 saturated heterocycles. The summed E-state index contributed by atoms with van der Waals surface area (Å²) >= 11 is 1.68. The van der Waals surface area contributed by atoms with Gasteiger partial charge in [-0.2, -0.15) is 0 Å². The molecule has 2 aromatic rings. The zero-order chi connectivity index (χ0) is 18.8. The van der Waals surface area contributed by atoms with Crippen molar-refractivity contribution in [3.8, 4) is 0 Å². The zero-order valence-electron chi connectivity index (χ0n) is 15.7. The molecule has 3 heterocycles. The molecule has 0 spiro atoms. The van der Waals surface area contributed by atoms with Gasteiger partial charge in [0.1, 0.15) is 5.69 Å². The van der Waals surface area contributed by atoms with Crippen molar-refractivity contribution in [3.63, 3.8) is 0 Å². The lowest BCUT2D eigenvalue weighted by molar-refractivity contribution is -0.122. The molecule has 6 nitrogen and oxygen atoms in total. The number of nitrogens with one attached hydrogen (secondary N) is 1. The lowest BCUT2D eigenvalue weighted by Gasteiger charge is -2.32. The van der Waals surface area contributed by atoms with Gasteiger partial charge in [-0.15, -0.1) is 11.3 Å². The minimum Gasteiger partial charge on any atom is -0.355 e. The lowest BCUT2D eigenvalue weighted by Crippen LogP contribution is -2.39. The lowest BCUT2D eigenvalue weighted by atomic mass is 9.98. The second-order valence-corrected chi connectivity index (χ2v) is 8.48. The summed E-state index contributed by atoms with van der Waals surface area (Å²) in [7, 11) is 1.91. The van der Waals surface area contributed by atoms with Crippen molar-refractivity contribution in [2.24, 2.45) is 13.0 Å². The Hall–Kier alpha value is -2.15. The highest BCUT2D eigenvalue weighted by molar-refractivity contribution is 7.09. The van der Waals surface area contributed by atoms with Crippen molar-refractivity contribution in [2.45, 2.75) is 38.0 Å². The Balaban J connectivity index is 1.33. The van der Waals surface area contributed by atoms with Crippen LogP contribution < -0.4 is 5.32 Å². The van der Waals surface area contributed by atoms with Gasteiger partial charge in [0.2, 0.25) is 5.91 Å². The van der Waals surface area contributed by atoms with Gasteiger partial charge in [-0.05, 0) is 37.8 Å². The second kappa shape index (κ2) is 7.84. The summed E-state index contributed by atoms with van der Waals surface area (Å²) in [6, 6.07) is 3.78. The van der Waals surface area contributed by atoms with Gasteiger partial charge in [0, 0.05) is 56.5 Å². The Labute approximate surface area is 163 Å². The first-order valence-corrected chi connectivity index (χ1v) is 10.6. The fraction of sp³-hybridized carbons (Fsp3) is 0.550. The first kappa shape index (κ1) is 18.2. The molecular weight excluding hydrogens is 360 g/mol. The molecule has 2 amide bonds. The molecule has 1 N–H and O–H groups in total. The average Bonchev–Trinajstić information content (AvgIpc) is 3.28. The van der Waals surface area contributed by atoms with Crippen molar-refractivity contribution in [3.05, 3.63) is 40.1 Å². The van der Waals surface area contributed by atoms with Gasteiger partial charge in [0.15, 0.2) is 0 Å². The summed E-state index contributed by atoms with van der Waals surface area (Å²) in [5, 5.41) is 6.20. The molecule has 2 aliphatic rings. The molecule has 7 heteroatoms. The molecule has 0 bridgehead atoms. The van der Waals surface area contributed by atoms with E-state index in [1.807, 2.05) is 34.8 Å². The van der Waals surface area contributed by atoms with E-state index in [1.165, 1.54) is 0 Å². The number of hydrogen-bond acceptors (Lipinski definition) is 4. The van der Waals surface area contributed by atoms with Gasteiger partial charge in [0.05, 0.1) is 10.7 Å². The maximum atomic E-state index is 12.8. The number of amides is 2. The van der Waals surface area contributed by atoms with E-state index in [4.69, 9.17) is 4.98 Å². The van der Waals surface area contributed by atoms with E-state index in [-0.39, 0.29) is 17.7 Å². The van der Waals surface area contributed by atoms with Crippen LogP contribution in [0.3, 0.4) is 0 Å². The molecule has 0 aromatic carbocycles. The highest BCUT2D eigenvalue weighted by Gasteiger charge is 2.30. The SMILES string of the molecule is Cn1cccc1C(=O)N1CCCC(c2nc(CCNC(=O)C3CC3)cs2)C1. The molecule has 1 atom stereocenters. The molecule has 1 saturated carbocycles. The predicted octanol–water partition coefficient (Wildman–Crippen LogP) is 2.57. The van der Waals surface area contributed by atoms with Gasteiger partial charge in [-0.25, -0.2) is 4.98 Å². The second-order valence-electron chi connectivity index (χ2n) is 7.59. The Morgan fingerprint density at radius 3 is 2.93 bits per heavy atom. The maximum Gasteiger partial charge on any atom is 0.270 e. The predicted molar refractivity (Wildman–Crippen MR) is 105 cm³/mol. The number of nitrogens with zero attached hydrogens (tertiary/aromatic N) is 3. The number of rotatable bonds is 6. The first-order valence-electron chi connectivity index (χ1n) is 9.74. The van der Waals surface area contributed by atoms with Crippen LogP contribution in [0.4, 0.5) is 0 Å². The number of aryl methyl sites for hydroxylation is 1. The van der Waals surface area contributed by atoms with Crippen LogP contribution in [-0.4, -0.2) is 45.9 Å². The number of piperidine rings is 1. The van der Waals surface area contributed by atoms with E-state index in [0.29, 0.717) is 12.5 Å². The molecule has 0 radical (unpaired) electrons. The number of aromatic nitrogens is 2. The number of likely N-dealkylation sites (tertiary alicyclic amines) is 1. The summed E-state index contributed by atoms with van der Waals surface area (Å²) in [5.74, 6) is 0.855. The van der Waals surface area contributed by atoms with Gasteiger partial charge >= 0.3 is 0 Å². The fourth-order valence-corrected chi connectivity index (χ4v) is 4.62. The van der Waals surface area contributed by atoms with Crippen molar-refractivity contribution >= 4 is 23.2 Å². The van der Waals surface area contributed by atoms with E-state index in [9.17, 15) is 9.59 Å². The molecule has 1 aliphatic heterocycles. The normalized spacial score (nSPS) is 19.9. The summed E-state index contributed by atoms with van der Waals surface area (Å²) in [5.41, 5.74) is 1.78. The van der Waals surface area contributed by atoms with Crippen molar-refractivity contribution in [1.29, 1.82) is 0 Å². The number of carbonyl (C=O) groups is 2. The van der Waals surface area contributed by atoms with Gasteiger partial charge in [0.25, 0.3) is 5.91 Å². The summed E-state index contributed by atoms with van der Waals surface area (Å²) in [6.07, 6.45) is 6.82. The molecule has 27 heavy (non-hydrogen) atoms. The third-order valence-electron chi connectivity index (χ3n) is 5.42. The molecular formula is C20H26N4O2S. The van der Waals surface area contributed by atoms with Crippen molar-refractivity contribution in [2.75, 3.05) is 19.6 Å². The number of hydrogen-bond donors (Lipinski definition) is 1. The van der Waals surface area contributed by atoms with E-state index in [2.05, 4.69) is 10.7 Å². The molecule has 1 unspecified atom stereocenters. The summed E-state index contributed by atoms with van der Waals surface area (Å²) in [6.45, 7) is 2.20. The third-order valence-corrected chi connectivity index (χ3v) is 6.47. The molecule has 2 aromatic heterocycles. The Bertz CT molecular complexity index is 824. The van der Waals surface area contributed by atoms with E-state index >= 15 is 0 Å². The van der Waals surface area contributed by atoms with E-state index in [1.54, 1.807) is 11.3 Å². The first-order chi connectivity index (χ1) is 13.1. The molecule has 144 valence electrons. The highest BCUT2D eigenvalue weighted by atomic mass is 32.1. The van der Waals surface area contributed by atoms with Crippen LogP contribution in [0.2, 0.25) is 0 Å². The van der Waals surface area contributed by atoms with Crippen LogP contribution >= 0.6 is 11.3 Å². The highest BCUT2D eigenvalue weighted by Crippen LogP contribution is 2.30. The van der Waals surface area contributed by atoms with Crippen LogP contribution in [-0.2, 0) is 18.3 Å². The Morgan fingerprint density at radius 2 is 2.19 bits per heavy atom. The van der Waals surface area contributed by atoms with Crippen LogP contribution in [0, 0.1) is 5.92 Å². The molecule has 2 fully saturated rings. The monoisotopic (exact) mass is 386 g/mol. The van der Waals surface area contributed by atoms with Crippen LogP contribution in [0.1, 0.15) is 52.8 Å². The summed E-state index contributed by atoms with van der Waals surface area (Å²) in [4.78, 5) is 31.2. The summed E-state index contributed by atoms with van der Waals surface area (Å²) < 4.78 is 1.88. The Morgan fingerprint density at radius 1 is 1.33 bits per heavy atom. The number of carbonyl (C=O) groups excluding carboxylic acids is 2. The average molecular weight is 387 g/mol. The van der Waals surface area contributed by atoms with Crippen molar-refractivity contribution < 1.29 is 9.59 Å². The largest absolute Gasteiger partial charge is 0.355 e. The zero-order valence-corrected chi connectivity index (χ0v) is 16.5. The minimum absolute atomic E-state index is 0.103. The van der Waals surface area contributed by atoms with E-state index < -0.39 is 0 Å². The van der Waals surface area contributed by atoms with Gasteiger partial charge in [-0.1, -0.05) is 0 Å². The van der Waals surface area contributed by atoms with Gasteiger partial charge in [-0.3, -0.25) is 9.59 Å². The maximum absolute atomic E-state index is 12.8. The minimum atomic E-state index is 0.103. The third kappa shape index (κ3) is 4.24. The Kier molecular flexibility index (Phi) is 5.29. The topological polar surface area (TPSA) is 67.2 Å². The van der Waals surface area contributed by atoms with Gasteiger partial charge < -0.3 is 14.8 Å². The molecule has 4 rings (SSSR count).